The largest absolute Gasteiger partial charge is 0.396 e. The van der Waals surface area contributed by atoms with Gasteiger partial charge >= 0.3 is 0 Å². The summed E-state index contributed by atoms with van der Waals surface area (Å²) in [4.78, 5) is 0.234. The molecule has 1 aromatic rings. The van der Waals surface area contributed by atoms with Gasteiger partial charge in [0.1, 0.15) is 0 Å². The van der Waals surface area contributed by atoms with Crippen molar-refractivity contribution in [2.45, 2.75) is 36.0 Å². The van der Waals surface area contributed by atoms with Crippen molar-refractivity contribution in [2.24, 2.45) is 0 Å². The fourth-order valence-corrected chi connectivity index (χ4v) is 3.33. The summed E-state index contributed by atoms with van der Waals surface area (Å²) in [5.74, 6) is 0. The number of sulfonamides is 1. The van der Waals surface area contributed by atoms with Gasteiger partial charge in [0.25, 0.3) is 0 Å². The highest BCUT2D eigenvalue weighted by Gasteiger charge is 2.25. The van der Waals surface area contributed by atoms with Crippen LogP contribution in [0.5, 0.6) is 0 Å². The van der Waals surface area contributed by atoms with Gasteiger partial charge in [-0.3, -0.25) is 0 Å². The summed E-state index contributed by atoms with van der Waals surface area (Å²) in [6.45, 7) is 3.43. The number of nitrogens with one attached hydrogen (secondary N) is 1. The third-order valence-corrected chi connectivity index (χ3v) is 4.90. The summed E-state index contributed by atoms with van der Waals surface area (Å²) < 4.78 is 26.8. The number of hydrogen-bond acceptors (Lipinski definition) is 3. The molecule has 102 valence electrons. The molecule has 0 unspecified atom stereocenters. The second-order valence-corrected chi connectivity index (χ2v) is 6.98. The topological polar surface area (TPSA) is 66.4 Å². The molecule has 0 fully saturated rings. The van der Waals surface area contributed by atoms with E-state index in [-0.39, 0.29) is 11.5 Å². The van der Waals surface area contributed by atoms with Crippen LogP contribution in [0.1, 0.15) is 25.8 Å². The van der Waals surface area contributed by atoms with Crippen molar-refractivity contribution in [1.82, 2.24) is 4.72 Å². The molecule has 0 amide bonds. The molecule has 0 spiro atoms. The van der Waals surface area contributed by atoms with Crippen LogP contribution in [-0.2, 0) is 15.4 Å². The van der Waals surface area contributed by atoms with Crippen molar-refractivity contribution in [3.8, 4) is 0 Å². The molecule has 0 aromatic heterocycles. The summed E-state index contributed by atoms with van der Waals surface area (Å²) in [7, 11) is -3.54. The van der Waals surface area contributed by atoms with Crippen molar-refractivity contribution in [2.75, 3.05) is 6.61 Å². The van der Waals surface area contributed by atoms with Crippen molar-refractivity contribution < 1.29 is 13.5 Å². The molecule has 1 aromatic carbocycles. The number of halogens is 1. The number of aliphatic hydroxyl groups excluding tert-OH is 1. The minimum atomic E-state index is -3.54. The molecule has 2 N–H and O–H groups in total. The van der Waals surface area contributed by atoms with E-state index in [1.807, 2.05) is 0 Å². The zero-order valence-electron chi connectivity index (χ0n) is 10.5. The van der Waals surface area contributed by atoms with Crippen molar-refractivity contribution in [3.63, 3.8) is 0 Å². The van der Waals surface area contributed by atoms with E-state index in [9.17, 15) is 8.42 Å². The van der Waals surface area contributed by atoms with Gasteiger partial charge in [0.15, 0.2) is 0 Å². The van der Waals surface area contributed by atoms with E-state index in [1.54, 1.807) is 38.1 Å². The Labute approximate surface area is 117 Å². The van der Waals surface area contributed by atoms with Crippen LogP contribution in [0.4, 0.5) is 0 Å². The number of alkyl halides is 1. The van der Waals surface area contributed by atoms with Gasteiger partial charge in [0, 0.05) is 17.5 Å². The predicted molar refractivity (Wildman–Crippen MR) is 75.2 cm³/mol. The molecule has 18 heavy (non-hydrogen) atoms. The predicted octanol–water partition coefficient (Wildman–Crippen LogP) is 2.02. The molecule has 0 radical (unpaired) electrons. The maximum Gasteiger partial charge on any atom is 0.241 e. The summed E-state index contributed by atoms with van der Waals surface area (Å²) in [6, 6.07) is 6.69. The molecule has 0 atom stereocenters. The Hall–Kier alpha value is -0.430. The maximum atomic E-state index is 12.1. The van der Waals surface area contributed by atoms with Crippen molar-refractivity contribution >= 4 is 26.0 Å². The van der Waals surface area contributed by atoms with Gasteiger partial charge in [-0.15, -0.1) is 0 Å². The first-order valence-electron chi connectivity index (χ1n) is 5.60. The van der Waals surface area contributed by atoms with Gasteiger partial charge in [0.05, 0.1) is 4.90 Å². The van der Waals surface area contributed by atoms with Crippen LogP contribution < -0.4 is 4.72 Å². The molecule has 0 aliphatic heterocycles. The quantitative estimate of drug-likeness (QED) is 0.781. The van der Waals surface area contributed by atoms with E-state index >= 15 is 0 Å². The van der Waals surface area contributed by atoms with Crippen LogP contribution in [0, 0.1) is 0 Å². The number of aliphatic hydroxyl groups is 1. The molecular formula is C12H18BrNO3S. The first-order chi connectivity index (χ1) is 8.30. The van der Waals surface area contributed by atoms with E-state index in [2.05, 4.69) is 20.7 Å². The Balaban J connectivity index is 2.92. The normalized spacial score (nSPS) is 12.7. The Morgan fingerprint density at radius 2 is 1.83 bits per heavy atom. The maximum absolute atomic E-state index is 12.1. The van der Waals surface area contributed by atoms with E-state index in [0.717, 1.165) is 5.56 Å². The average molecular weight is 336 g/mol. The highest BCUT2D eigenvalue weighted by Crippen LogP contribution is 2.16. The molecule has 6 heteroatoms. The number of hydrogen-bond donors (Lipinski definition) is 2. The van der Waals surface area contributed by atoms with Crippen LogP contribution >= 0.6 is 15.9 Å². The number of benzene rings is 1. The Morgan fingerprint density at radius 1 is 1.28 bits per heavy atom. The zero-order chi connectivity index (χ0) is 13.8. The lowest BCUT2D eigenvalue weighted by molar-refractivity contribution is 0.246. The van der Waals surface area contributed by atoms with Gasteiger partial charge in [-0.2, -0.15) is 0 Å². The highest BCUT2D eigenvalue weighted by molar-refractivity contribution is 9.08. The fourth-order valence-electron chi connectivity index (χ4n) is 1.51. The molecule has 0 heterocycles. The fraction of sp³-hybridized carbons (Fsp3) is 0.500. The van der Waals surface area contributed by atoms with Crippen LogP contribution in [0.25, 0.3) is 0 Å². The standard InChI is InChI=1S/C12H18BrNO3S/c1-12(2,7-8-15)14-18(16,17)11-5-3-10(9-13)4-6-11/h3-6,14-15H,7-9H2,1-2H3. The van der Waals surface area contributed by atoms with Gasteiger partial charge in [-0.1, -0.05) is 28.1 Å². The highest BCUT2D eigenvalue weighted by atomic mass is 79.9. The minimum Gasteiger partial charge on any atom is -0.396 e. The van der Waals surface area contributed by atoms with E-state index < -0.39 is 15.6 Å². The van der Waals surface area contributed by atoms with Gasteiger partial charge in [0.2, 0.25) is 10.0 Å². The van der Waals surface area contributed by atoms with Crippen LogP contribution in [0.2, 0.25) is 0 Å². The monoisotopic (exact) mass is 335 g/mol. The number of rotatable bonds is 6. The van der Waals surface area contributed by atoms with E-state index in [4.69, 9.17) is 5.11 Å². The lowest BCUT2D eigenvalue weighted by Gasteiger charge is -2.25. The summed E-state index contributed by atoms with van der Waals surface area (Å²) in [6.07, 6.45) is 0.367. The molecule has 0 saturated heterocycles. The summed E-state index contributed by atoms with van der Waals surface area (Å²) >= 11 is 3.31. The van der Waals surface area contributed by atoms with Crippen LogP contribution in [0.3, 0.4) is 0 Å². The molecular weight excluding hydrogens is 318 g/mol. The van der Waals surface area contributed by atoms with Crippen LogP contribution in [0.15, 0.2) is 29.2 Å². The van der Waals surface area contributed by atoms with Crippen molar-refractivity contribution in [3.05, 3.63) is 29.8 Å². The molecule has 4 nitrogen and oxygen atoms in total. The Bertz CT molecular complexity index is 483. The molecule has 0 aliphatic rings. The smallest absolute Gasteiger partial charge is 0.241 e. The lowest BCUT2D eigenvalue weighted by Crippen LogP contribution is -2.43. The molecule has 1 rings (SSSR count). The summed E-state index contributed by atoms with van der Waals surface area (Å²) in [5.41, 5.74) is 0.352. The molecule has 0 aliphatic carbocycles. The van der Waals surface area contributed by atoms with Crippen molar-refractivity contribution in [1.29, 1.82) is 0 Å². The Kier molecular flexibility index (Phi) is 5.33. The van der Waals surface area contributed by atoms with Gasteiger partial charge in [-0.25, -0.2) is 13.1 Å². The third-order valence-electron chi connectivity index (χ3n) is 2.54. The van der Waals surface area contributed by atoms with Crippen LogP contribution in [-0.4, -0.2) is 25.7 Å². The van der Waals surface area contributed by atoms with E-state index in [0.29, 0.717) is 11.8 Å². The molecule has 0 saturated carbocycles. The first kappa shape index (κ1) is 15.6. The third kappa shape index (κ3) is 4.35. The SMILES string of the molecule is CC(C)(CCO)NS(=O)(=O)c1ccc(CBr)cc1. The Morgan fingerprint density at radius 3 is 2.28 bits per heavy atom. The lowest BCUT2D eigenvalue weighted by atomic mass is 10.0. The zero-order valence-corrected chi connectivity index (χ0v) is 12.9. The second kappa shape index (κ2) is 6.14. The minimum absolute atomic E-state index is 0.0575. The van der Waals surface area contributed by atoms with Gasteiger partial charge in [-0.05, 0) is 38.0 Å². The van der Waals surface area contributed by atoms with Gasteiger partial charge < -0.3 is 5.11 Å². The summed E-state index contributed by atoms with van der Waals surface area (Å²) in [5, 5.41) is 9.59. The second-order valence-electron chi connectivity index (χ2n) is 4.74. The van der Waals surface area contributed by atoms with E-state index in [1.165, 1.54) is 0 Å². The molecule has 0 bridgehead atoms. The first-order valence-corrected chi connectivity index (χ1v) is 8.21. The average Bonchev–Trinajstić information content (AvgIpc) is 2.27.